The number of para-hydroxylation sites is 1. The van der Waals surface area contributed by atoms with Crippen LogP contribution in [0.25, 0.3) is 10.2 Å². The van der Waals surface area contributed by atoms with E-state index in [9.17, 15) is 9.90 Å². The van der Waals surface area contributed by atoms with Gasteiger partial charge in [0.05, 0.1) is 22.9 Å². The lowest BCUT2D eigenvalue weighted by Gasteiger charge is -2.29. The normalized spacial score (nSPS) is 20.1. The number of carbonyl (C=O) groups is 1. The number of β-amino-alcohol motifs (C(OH)–C–C–N with tert-alkyl or cyclic N) is 1. The molecule has 2 aromatic rings. The van der Waals surface area contributed by atoms with Crippen molar-refractivity contribution in [2.45, 2.75) is 18.9 Å². The Bertz CT molecular complexity index is 580. The molecule has 0 unspecified atom stereocenters. The number of fused-ring (bicyclic) bond motifs is 1. The fourth-order valence-electron chi connectivity index (χ4n) is 2.46. The van der Waals surface area contributed by atoms with Crippen molar-refractivity contribution in [2.75, 3.05) is 25.0 Å². The number of rotatable bonds is 3. The maximum absolute atomic E-state index is 12.0. The first-order valence-electron chi connectivity index (χ1n) is 6.76. The Morgan fingerprint density at radius 2 is 2.35 bits per heavy atom. The largest absolute Gasteiger partial charge is 0.392 e. The zero-order valence-corrected chi connectivity index (χ0v) is 11.9. The third-order valence-electron chi connectivity index (χ3n) is 3.39. The molecule has 6 heteroatoms. The second-order valence-electron chi connectivity index (χ2n) is 5.07. The van der Waals surface area contributed by atoms with E-state index in [-0.39, 0.29) is 12.0 Å². The molecule has 20 heavy (non-hydrogen) atoms. The molecule has 1 amide bonds. The van der Waals surface area contributed by atoms with Crippen LogP contribution in [0.3, 0.4) is 0 Å². The molecule has 2 N–H and O–H groups in total. The van der Waals surface area contributed by atoms with Gasteiger partial charge in [-0.1, -0.05) is 23.5 Å². The number of carbonyl (C=O) groups excluding carboxylic acids is 1. The first-order chi connectivity index (χ1) is 9.70. The van der Waals surface area contributed by atoms with E-state index in [0.717, 1.165) is 29.6 Å². The molecule has 1 saturated heterocycles. The van der Waals surface area contributed by atoms with E-state index in [1.54, 1.807) is 0 Å². The Labute approximate surface area is 121 Å². The number of thiazole rings is 1. The molecule has 1 aromatic carbocycles. The highest BCUT2D eigenvalue weighted by Gasteiger charge is 2.20. The van der Waals surface area contributed by atoms with E-state index < -0.39 is 0 Å². The van der Waals surface area contributed by atoms with Crippen LogP contribution in [0, 0.1) is 0 Å². The molecule has 106 valence electrons. The summed E-state index contributed by atoms with van der Waals surface area (Å²) in [6, 6.07) is 7.82. The van der Waals surface area contributed by atoms with Gasteiger partial charge in [0.1, 0.15) is 0 Å². The van der Waals surface area contributed by atoms with Gasteiger partial charge in [0.15, 0.2) is 5.13 Å². The van der Waals surface area contributed by atoms with Crippen molar-refractivity contribution in [2.24, 2.45) is 0 Å². The Balaban J connectivity index is 1.60. The first kappa shape index (κ1) is 13.5. The van der Waals surface area contributed by atoms with Gasteiger partial charge in [-0.3, -0.25) is 9.69 Å². The maximum atomic E-state index is 12.0. The summed E-state index contributed by atoms with van der Waals surface area (Å²) in [6.07, 6.45) is 1.46. The van der Waals surface area contributed by atoms with Gasteiger partial charge < -0.3 is 10.4 Å². The summed E-state index contributed by atoms with van der Waals surface area (Å²) in [7, 11) is 0. The lowest BCUT2D eigenvalue weighted by atomic mass is 10.1. The van der Waals surface area contributed by atoms with Crippen molar-refractivity contribution < 1.29 is 9.90 Å². The van der Waals surface area contributed by atoms with Crippen molar-refractivity contribution in [3.8, 4) is 0 Å². The summed E-state index contributed by atoms with van der Waals surface area (Å²) < 4.78 is 1.07. The van der Waals surface area contributed by atoms with Crippen LogP contribution < -0.4 is 5.32 Å². The fraction of sp³-hybridized carbons (Fsp3) is 0.429. The summed E-state index contributed by atoms with van der Waals surface area (Å²) in [5.74, 6) is -0.0712. The number of benzene rings is 1. The Hall–Kier alpha value is -1.50. The second kappa shape index (κ2) is 5.87. The number of anilines is 1. The first-order valence-corrected chi connectivity index (χ1v) is 7.58. The minimum atomic E-state index is -0.306. The topological polar surface area (TPSA) is 65.5 Å². The summed E-state index contributed by atoms with van der Waals surface area (Å²) in [4.78, 5) is 18.4. The van der Waals surface area contributed by atoms with Crippen molar-refractivity contribution in [3.05, 3.63) is 24.3 Å². The van der Waals surface area contributed by atoms with Gasteiger partial charge in [-0.25, -0.2) is 4.98 Å². The molecule has 0 spiro atoms. The predicted octanol–water partition coefficient (Wildman–Crippen LogP) is 1.69. The molecular weight excluding hydrogens is 274 g/mol. The molecule has 0 saturated carbocycles. The molecule has 5 nitrogen and oxygen atoms in total. The number of aromatic nitrogens is 1. The lowest BCUT2D eigenvalue weighted by Crippen LogP contribution is -2.42. The Kier molecular flexibility index (Phi) is 3.95. The van der Waals surface area contributed by atoms with E-state index in [1.165, 1.54) is 11.3 Å². The summed E-state index contributed by atoms with van der Waals surface area (Å²) in [6.45, 7) is 1.75. The van der Waals surface area contributed by atoms with Gasteiger partial charge >= 0.3 is 0 Å². The summed E-state index contributed by atoms with van der Waals surface area (Å²) in [5.41, 5.74) is 0.904. The molecule has 0 radical (unpaired) electrons. The molecule has 1 aliphatic heterocycles. The molecule has 0 bridgehead atoms. The zero-order valence-electron chi connectivity index (χ0n) is 11.1. The average Bonchev–Trinajstić information content (AvgIpc) is 2.80. The molecule has 0 aliphatic carbocycles. The number of piperidine rings is 1. The Morgan fingerprint density at radius 3 is 3.15 bits per heavy atom. The Morgan fingerprint density at radius 1 is 1.50 bits per heavy atom. The van der Waals surface area contributed by atoms with Gasteiger partial charge in [-0.05, 0) is 31.5 Å². The standard InChI is InChI=1S/C14H17N3O2S/c18-10-4-3-7-17(8-10)9-13(19)16-14-15-11-5-1-2-6-12(11)20-14/h1-2,5-6,10,18H,3-4,7-9H2,(H,15,16,19)/t10-/m0/s1. The van der Waals surface area contributed by atoms with Crippen LogP contribution in [-0.2, 0) is 4.79 Å². The number of nitrogens with one attached hydrogen (secondary N) is 1. The van der Waals surface area contributed by atoms with Crippen LogP contribution in [0.4, 0.5) is 5.13 Å². The van der Waals surface area contributed by atoms with Crippen LogP contribution in [-0.4, -0.2) is 46.6 Å². The van der Waals surface area contributed by atoms with Gasteiger partial charge in [-0.15, -0.1) is 0 Å². The molecule has 3 rings (SSSR count). The number of hydrogen-bond donors (Lipinski definition) is 2. The van der Waals surface area contributed by atoms with Crippen LogP contribution >= 0.6 is 11.3 Å². The molecule has 1 atom stereocenters. The smallest absolute Gasteiger partial charge is 0.240 e. The minimum Gasteiger partial charge on any atom is -0.392 e. The van der Waals surface area contributed by atoms with E-state index in [2.05, 4.69) is 10.3 Å². The van der Waals surface area contributed by atoms with Crippen LogP contribution in [0.1, 0.15) is 12.8 Å². The molecule has 1 aliphatic rings. The van der Waals surface area contributed by atoms with Gasteiger partial charge in [-0.2, -0.15) is 0 Å². The number of amides is 1. The van der Waals surface area contributed by atoms with Crippen molar-refractivity contribution in [3.63, 3.8) is 0 Å². The average molecular weight is 291 g/mol. The van der Waals surface area contributed by atoms with Crippen LogP contribution in [0.2, 0.25) is 0 Å². The van der Waals surface area contributed by atoms with Gasteiger partial charge in [0.25, 0.3) is 0 Å². The maximum Gasteiger partial charge on any atom is 0.240 e. The van der Waals surface area contributed by atoms with E-state index in [1.807, 2.05) is 29.2 Å². The molecule has 1 fully saturated rings. The third kappa shape index (κ3) is 3.15. The minimum absolute atomic E-state index is 0.0712. The van der Waals surface area contributed by atoms with Crippen LogP contribution in [0.15, 0.2) is 24.3 Å². The van der Waals surface area contributed by atoms with Crippen molar-refractivity contribution in [1.29, 1.82) is 0 Å². The van der Waals surface area contributed by atoms with E-state index in [0.29, 0.717) is 18.2 Å². The second-order valence-corrected chi connectivity index (χ2v) is 6.10. The van der Waals surface area contributed by atoms with Gasteiger partial charge in [0, 0.05) is 6.54 Å². The van der Waals surface area contributed by atoms with Crippen molar-refractivity contribution >= 4 is 32.6 Å². The third-order valence-corrected chi connectivity index (χ3v) is 4.34. The number of hydrogen-bond acceptors (Lipinski definition) is 5. The predicted molar refractivity (Wildman–Crippen MR) is 79.9 cm³/mol. The fourth-order valence-corrected chi connectivity index (χ4v) is 3.34. The molecule has 2 heterocycles. The van der Waals surface area contributed by atoms with Crippen LogP contribution in [0.5, 0.6) is 0 Å². The SMILES string of the molecule is O=C(CN1CCC[C@H](O)C1)Nc1nc2ccccc2s1. The zero-order chi connectivity index (χ0) is 13.9. The summed E-state index contributed by atoms with van der Waals surface area (Å²) >= 11 is 1.48. The number of nitrogens with zero attached hydrogens (tertiary/aromatic N) is 2. The van der Waals surface area contributed by atoms with Crippen molar-refractivity contribution in [1.82, 2.24) is 9.88 Å². The highest BCUT2D eigenvalue weighted by molar-refractivity contribution is 7.22. The highest BCUT2D eigenvalue weighted by Crippen LogP contribution is 2.25. The lowest BCUT2D eigenvalue weighted by molar-refractivity contribution is -0.118. The highest BCUT2D eigenvalue weighted by atomic mass is 32.1. The van der Waals surface area contributed by atoms with E-state index in [4.69, 9.17) is 0 Å². The number of aliphatic hydroxyl groups excluding tert-OH is 1. The summed E-state index contributed by atoms with van der Waals surface area (Å²) in [5, 5.41) is 13.1. The number of likely N-dealkylation sites (tertiary alicyclic amines) is 1. The monoisotopic (exact) mass is 291 g/mol. The quantitative estimate of drug-likeness (QED) is 0.903. The molecular formula is C14H17N3O2S. The number of aliphatic hydroxyl groups is 1. The van der Waals surface area contributed by atoms with E-state index >= 15 is 0 Å². The molecule has 1 aromatic heterocycles. The van der Waals surface area contributed by atoms with Gasteiger partial charge in [0.2, 0.25) is 5.91 Å².